The Hall–Kier alpha value is -3.76. The molecule has 3 aromatic heterocycles. The lowest BCUT2D eigenvalue weighted by atomic mass is 10.0. The molecule has 0 aliphatic heterocycles. The number of hydrogen-bond donors (Lipinski definition) is 1. The Kier molecular flexibility index (Phi) is 5.64. The smallest absolute Gasteiger partial charge is 0.435 e. The molecule has 0 amide bonds. The highest BCUT2D eigenvalue weighted by Crippen LogP contribution is 2.32. The summed E-state index contributed by atoms with van der Waals surface area (Å²) in [4.78, 5) is 17.3. The fourth-order valence-corrected chi connectivity index (χ4v) is 3.57. The number of benzene rings is 1. The highest BCUT2D eigenvalue weighted by molar-refractivity contribution is 5.98. The van der Waals surface area contributed by atoms with E-state index in [2.05, 4.69) is 15.2 Å². The number of aryl methyl sites for hydroxylation is 2. The molecule has 0 aliphatic rings. The van der Waals surface area contributed by atoms with Crippen LogP contribution in [0.4, 0.5) is 22.0 Å². The predicted octanol–water partition coefficient (Wildman–Crippen LogP) is 4.98. The van der Waals surface area contributed by atoms with Gasteiger partial charge in [-0.05, 0) is 38.1 Å². The number of H-pyrrole nitrogens is 1. The zero-order valence-electron chi connectivity index (χ0n) is 17.4. The molecule has 0 unspecified atom stereocenters. The van der Waals surface area contributed by atoms with E-state index in [0.29, 0.717) is 0 Å². The lowest BCUT2D eigenvalue weighted by Crippen LogP contribution is -2.14. The Morgan fingerprint density at radius 3 is 2.45 bits per heavy atom. The van der Waals surface area contributed by atoms with E-state index >= 15 is 0 Å². The van der Waals surface area contributed by atoms with Crippen LogP contribution < -0.4 is 4.74 Å². The van der Waals surface area contributed by atoms with Gasteiger partial charge in [-0.15, -0.1) is 0 Å². The molecule has 4 rings (SSSR count). The Balaban J connectivity index is 1.66. The molecule has 4 aromatic rings. The van der Waals surface area contributed by atoms with Crippen LogP contribution in [0.5, 0.6) is 5.75 Å². The molecule has 0 saturated heterocycles. The number of carbonyl (C=O) groups is 1. The maximum Gasteiger partial charge on any atom is 0.435 e. The number of imidazole rings is 1. The van der Waals surface area contributed by atoms with Gasteiger partial charge in [-0.3, -0.25) is 14.3 Å². The number of Topliss-reactive ketones (excluding diaryl/α,β-unsaturated/α-hetero) is 1. The normalized spacial score (nSPS) is 11.8. The minimum Gasteiger partial charge on any atom is -0.485 e. The number of carbonyl (C=O) groups excluding carboxylic acids is 1. The average molecular weight is 464 g/mol. The van der Waals surface area contributed by atoms with Crippen LogP contribution in [0.3, 0.4) is 0 Å². The van der Waals surface area contributed by atoms with E-state index in [9.17, 15) is 26.7 Å². The van der Waals surface area contributed by atoms with Crippen LogP contribution in [0, 0.1) is 25.5 Å². The lowest BCUT2D eigenvalue weighted by Gasteiger charge is -2.10. The SMILES string of the molecule is Cc1nc2c(OCc3c(F)cccc3F)cccn2c1C(=O)Cc1c(C(F)(F)F)n[nH]c1C. The van der Waals surface area contributed by atoms with Gasteiger partial charge in [0.25, 0.3) is 0 Å². The van der Waals surface area contributed by atoms with E-state index in [1.54, 1.807) is 0 Å². The van der Waals surface area contributed by atoms with E-state index in [1.807, 2.05) is 0 Å². The minimum absolute atomic E-state index is 0.0706. The van der Waals surface area contributed by atoms with Crippen LogP contribution in [0.2, 0.25) is 0 Å². The second-order valence-corrected chi connectivity index (χ2v) is 7.37. The van der Waals surface area contributed by atoms with Crippen molar-refractivity contribution in [2.45, 2.75) is 33.1 Å². The maximum atomic E-state index is 13.9. The van der Waals surface area contributed by atoms with Gasteiger partial charge >= 0.3 is 6.18 Å². The summed E-state index contributed by atoms with van der Waals surface area (Å²) >= 11 is 0. The van der Waals surface area contributed by atoms with E-state index < -0.39 is 42.3 Å². The number of aromatic amines is 1. The summed E-state index contributed by atoms with van der Waals surface area (Å²) in [5, 5.41) is 5.55. The van der Waals surface area contributed by atoms with Gasteiger partial charge in [-0.1, -0.05) is 6.07 Å². The van der Waals surface area contributed by atoms with Crippen molar-refractivity contribution in [2.75, 3.05) is 0 Å². The number of rotatable bonds is 6. The summed E-state index contributed by atoms with van der Waals surface area (Å²) in [5.74, 6) is -1.99. The van der Waals surface area contributed by atoms with Crippen molar-refractivity contribution in [2.24, 2.45) is 0 Å². The fraction of sp³-hybridized carbons (Fsp3) is 0.227. The zero-order chi connectivity index (χ0) is 23.9. The van der Waals surface area contributed by atoms with Crippen molar-refractivity contribution < 1.29 is 31.5 Å². The molecule has 0 saturated carbocycles. The number of alkyl halides is 3. The summed E-state index contributed by atoms with van der Waals surface area (Å²) in [6.45, 7) is 2.52. The number of hydrogen-bond acceptors (Lipinski definition) is 4. The third-order valence-corrected chi connectivity index (χ3v) is 5.17. The third-order valence-electron chi connectivity index (χ3n) is 5.17. The molecular weight excluding hydrogens is 447 g/mol. The molecule has 0 bridgehead atoms. The van der Waals surface area contributed by atoms with Gasteiger partial charge in [-0.25, -0.2) is 13.8 Å². The minimum atomic E-state index is -4.71. The first-order valence-corrected chi connectivity index (χ1v) is 9.75. The molecule has 0 fully saturated rings. The standard InChI is InChI=1S/C22H17F5N4O2/c1-11-13(20(30-29-11)22(25,26)27)9-17(32)19-12(2)28-21-18(7-4-8-31(19)21)33-10-14-15(23)5-3-6-16(14)24/h3-8H,9-10H2,1-2H3,(H,29,30). The van der Waals surface area contributed by atoms with E-state index in [-0.39, 0.29) is 39.6 Å². The molecule has 3 heterocycles. The second kappa shape index (κ2) is 8.30. The highest BCUT2D eigenvalue weighted by atomic mass is 19.4. The largest absolute Gasteiger partial charge is 0.485 e. The number of halogens is 5. The number of nitrogens with zero attached hydrogens (tertiary/aromatic N) is 3. The van der Waals surface area contributed by atoms with Crippen LogP contribution in [-0.4, -0.2) is 25.4 Å². The lowest BCUT2D eigenvalue weighted by molar-refractivity contribution is -0.141. The molecule has 0 atom stereocenters. The molecule has 1 N–H and O–H groups in total. The molecule has 0 aliphatic carbocycles. The quantitative estimate of drug-likeness (QED) is 0.323. The highest BCUT2D eigenvalue weighted by Gasteiger charge is 2.38. The third kappa shape index (κ3) is 4.18. The monoisotopic (exact) mass is 464 g/mol. The van der Waals surface area contributed by atoms with Crippen LogP contribution in [-0.2, 0) is 19.2 Å². The Morgan fingerprint density at radius 2 is 1.79 bits per heavy atom. The first-order chi connectivity index (χ1) is 15.6. The van der Waals surface area contributed by atoms with Crippen LogP contribution in [0.25, 0.3) is 5.65 Å². The molecule has 33 heavy (non-hydrogen) atoms. The molecule has 11 heteroatoms. The van der Waals surface area contributed by atoms with Gasteiger partial charge in [0, 0.05) is 23.9 Å². The van der Waals surface area contributed by atoms with E-state index in [0.717, 1.165) is 12.1 Å². The van der Waals surface area contributed by atoms with Gasteiger partial charge < -0.3 is 4.74 Å². The van der Waals surface area contributed by atoms with Crippen molar-refractivity contribution in [1.29, 1.82) is 0 Å². The predicted molar refractivity (Wildman–Crippen MR) is 107 cm³/mol. The average Bonchev–Trinajstić information content (AvgIpc) is 3.27. The molecule has 1 aromatic carbocycles. The zero-order valence-corrected chi connectivity index (χ0v) is 17.4. The summed E-state index contributed by atoms with van der Waals surface area (Å²) in [7, 11) is 0. The summed E-state index contributed by atoms with van der Waals surface area (Å²) < 4.78 is 74.5. The number of fused-ring (bicyclic) bond motifs is 1. The van der Waals surface area contributed by atoms with Crippen LogP contribution in [0.15, 0.2) is 36.5 Å². The number of ether oxygens (including phenoxy) is 1. The summed E-state index contributed by atoms with van der Waals surface area (Å²) in [6.07, 6.45) is -3.75. The Labute approximate surface area is 184 Å². The van der Waals surface area contributed by atoms with Crippen LogP contribution >= 0.6 is 0 Å². The van der Waals surface area contributed by atoms with Gasteiger partial charge in [0.15, 0.2) is 22.9 Å². The fourth-order valence-electron chi connectivity index (χ4n) is 3.57. The second-order valence-electron chi connectivity index (χ2n) is 7.37. The van der Waals surface area contributed by atoms with Crippen molar-refractivity contribution in [1.82, 2.24) is 19.6 Å². The summed E-state index contributed by atoms with van der Waals surface area (Å²) in [5.41, 5.74) is -0.994. The number of aromatic nitrogens is 4. The molecule has 0 spiro atoms. The van der Waals surface area contributed by atoms with Gasteiger partial charge in [-0.2, -0.15) is 18.3 Å². The van der Waals surface area contributed by atoms with E-state index in [4.69, 9.17) is 4.74 Å². The number of ketones is 1. The Bertz CT molecular complexity index is 1340. The summed E-state index contributed by atoms with van der Waals surface area (Å²) in [6, 6.07) is 6.48. The first kappa shape index (κ1) is 22.4. The first-order valence-electron chi connectivity index (χ1n) is 9.75. The number of nitrogens with one attached hydrogen (secondary N) is 1. The Morgan fingerprint density at radius 1 is 1.09 bits per heavy atom. The maximum absolute atomic E-state index is 13.9. The molecule has 0 radical (unpaired) electrons. The van der Waals surface area contributed by atoms with Gasteiger partial charge in [0.2, 0.25) is 0 Å². The van der Waals surface area contributed by atoms with Crippen molar-refractivity contribution in [3.8, 4) is 5.75 Å². The van der Waals surface area contributed by atoms with Gasteiger partial charge in [0.1, 0.15) is 23.9 Å². The molecular formula is C22H17F5N4O2. The van der Waals surface area contributed by atoms with Crippen molar-refractivity contribution in [3.63, 3.8) is 0 Å². The number of pyridine rings is 1. The van der Waals surface area contributed by atoms with E-state index in [1.165, 1.54) is 42.6 Å². The molecule has 6 nitrogen and oxygen atoms in total. The van der Waals surface area contributed by atoms with Gasteiger partial charge in [0.05, 0.1) is 11.3 Å². The van der Waals surface area contributed by atoms with Crippen molar-refractivity contribution in [3.05, 3.63) is 82.1 Å². The van der Waals surface area contributed by atoms with Crippen LogP contribution in [0.1, 0.15) is 38.7 Å². The van der Waals surface area contributed by atoms with Crippen molar-refractivity contribution >= 4 is 11.4 Å². The molecule has 172 valence electrons. The topological polar surface area (TPSA) is 72.3 Å².